The number of hydrogen-bond acceptors (Lipinski definition) is 4. The van der Waals surface area contributed by atoms with Gasteiger partial charge in [-0.25, -0.2) is 0 Å². The minimum absolute atomic E-state index is 0.0884. The molecule has 7 heteroatoms. The summed E-state index contributed by atoms with van der Waals surface area (Å²) in [7, 11) is 0. The Hall–Kier alpha value is -2.41. The van der Waals surface area contributed by atoms with Gasteiger partial charge in [0.05, 0.1) is 0 Å². The Labute approximate surface area is 154 Å². The quantitative estimate of drug-likeness (QED) is 0.680. The third-order valence-electron chi connectivity index (χ3n) is 4.02. The van der Waals surface area contributed by atoms with E-state index in [0.717, 1.165) is 22.1 Å². The first-order valence-electron chi connectivity index (χ1n) is 8.99. The van der Waals surface area contributed by atoms with E-state index in [9.17, 15) is 4.79 Å². The Kier molecular flexibility index (Phi) is 7.15. The summed E-state index contributed by atoms with van der Waals surface area (Å²) in [5, 5.41) is 4.95. The molecule has 1 unspecified atom stereocenters. The van der Waals surface area contributed by atoms with E-state index in [0.29, 0.717) is 12.4 Å². The second kappa shape index (κ2) is 9.34. The first-order valence-corrected chi connectivity index (χ1v) is 8.99. The van der Waals surface area contributed by atoms with Crippen LogP contribution in [0.2, 0.25) is 0 Å². The van der Waals surface area contributed by atoms with E-state index in [4.69, 9.17) is 9.26 Å². The van der Waals surface area contributed by atoms with Gasteiger partial charge in [0.2, 0.25) is 0 Å². The molecule has 2 aromatic heterocycles. The van der Waals surface area contributed by atoms with E-state index < -0.39 is 0 Å². The van der Waals surface area contributed by atoms with E-state index in [1.807, 2.05) is 65.1 Å². The van der Waals surface area contributed by atoms with Crippen molar-refractivity contribution in [3.63, 3.8) is 0 Å². The van der Waals surface area contributed by atoms with Crippen molar-refractivity contribution in [2.24, 2.45) is 0 Å². The van der Waals surface area contributed by atoms with Gasteiger partial charge in [0.1, 0.15) is 0 Å². The Bertz CT molecular complexity index is 843. The molecule has 3 aromatic rings. The molecule has 3 rings (SSSR count). The number of amides is 1. The van der Waals surface area contributed by atoms with Gasteiger partial charge in [-0.05, 0) is 0 Å². The zero-order valence-corrected chi connectivity index (χ0v) is 16.1. The van der Waals surface area contributed by atoms with Gasteiger partial charge in [0, 0.05) is 0 Å². The van der Waals surface area contributed by atoms with Crippen LogP contribution in [-0.4, -0.2) is 36.3 Å². The van der Waals surface area contributed by atoms with Crippen molar-refractivity contribution in [1.82, 2.24) is 10.1 Å². The zero-order chi connectivity index (χ0) is 19.1. The van der Waals surface area contributed by atoms with Crippen LogP contribution in [0.5, 0.6) is 0 Å². The van der Waals surface area contributed by atoms with Crippen molar-refractivity contribution < 1.29 is 14.1 Å². The molecule has 0 saturated heterocycles. The van der Waals surface area contributed by atoms with E-state index in [2.05, 4.69) is 10.1 Å². The SMILES string of the molecule is CC.CCOCN(C(=O)C(C)c1ccc2[nH]ccc2c1)c1bc(C)no1. The van der Waals surface area contributed by atoms with Crippen LogP contribution in [0.25, 0.3) is 10.9 Å². The molecule has 0 radical (unpaired) electrons. The van der Waals surface area contributed by atoms with E-state index in [1.165, 1.54) is 4.90 Å². The average molecular weight is 355 g/mol. The van der Waals surface area contributed by atoms with Crippen LogP contribution in [0.15, 0.2) is 35.0 Å². The van der Waals surface area contributed by atoms with Gasteiger partial charge in [-0.1, -0.05) is 13.8 Å². The first kappa shape index (κ1) is 19.9. The molecule has 1 atom stereocenters. The summed E-state index contributed by atoms with van der Waals surface area (Å²) in [5.41, 5.74) is 2.72. The van der Waals surface area contributed by atoms with Gasteiger partial charge >= 0.3 is 140 Å². The zero-order valence-electron chi connectivity index (χ0n) is 16.1. The van der Waals surface area contributed by atoms with Crippen LogP contribution < -0.4 is 4.90 Å². The fraction of sp³-hybridized carbons (Fsp3) is 0.421. The number of rotatable bonds is 6. The molecule has 1 N–H and O–H groups in total. The summed E-state index contributed by atoms with van der Waals surface area (Å²) in [6.07, 6.45) is 1.89. The second-order valence-corrected chi connectivity index (χ2v) is 5.74. The van der Waals surface area contributed by atoms with Gasteiger partial charge in [-0.15, -0.1) is 0 Å². The third kappa shape index (κ3) is 4.41. The van der Waals surface area contributed by atoms with Crippen molar-refractivity contribution in [2.45, 2.75) is 40.5 Å². The van der Waals surface area contributed by atoms with E-state index >= 15 is 0 Å². The Morgan fingerprint density at radius 2 is 2.15 bits per heavy atom. The number of ether oxygens (including phenoxy) is 1. The maximum atomic E-state index is 13.0. The number of carbonyl (C=O) groups excluding carboxylic acids is 1. The first-order chi connectivity index (χ1) is 12.6. The molecule has 6 nitrogen and oxygen atoms in total. The van der Waals surface area contributed by atoms with Gasteiger partial charge in [0.15, 0.2) is 0 Å². The van der Waals surface area contributed by atoms with E-state index in [1.54, 1.807) is 6.91 Å². The van der Waals surface area contributed by atoms with Crippen LogP contribution in [0.3, 0.4) is 0 Å². The summed E-state index contributed by atoms with van der Waals surface area (Å²) >= 11 is 0. The number of nitrogens with one attached hydrogen (secondary N) is 1. The van der Waals surface area contributed by atoms with Crippen molar-refractivity contribution in [1.29, 1.82) is 0 Å². The molecule has 1 amide bonds. The van der Waals surface area contributed by atoms with Gasteiger partial charge < -0.3 is 0 Å². The van der Waals surface area contributed by atoms with Gasteiger partial charge in [-0.3, -0.25) is 0 Å². The third-order valence-corrected chi connectivity index (χ3v) is 4.02. The Balaban J connectivity index is 0.00000117. The molecular formula is C19H26BN3O3. The maximum absolute atomic E-state index is 13.0. The molecule has 2 heterocycles. The summed E-state index contributed by atoms with van der Waals surface area (Å²) in [6, 6.07) is 7.97. The fourth-order valence-corrected chi connectivity index (χ4v) is 2.61. The monoisotopic (exact) mass is 355 g/mol. The number of hydrogen-bond donors (Lipinski definition) is 1. The van der Waals surface area contributed by atoms with Crippen LogP contribution >= 0.6 is 0 Å². The number of benzene rings is 1. The summed E-state index contributed by atoms with van der Waals surface area (Å²) in [5.74, 6) is -0.00910. The number of aromatic amines is 1. The average Bonchev–Trinajstić information content (AvgIpc) is 3.31. The van der Waals surface area contributed by atoms with Gasteiger partial charge in [-0.2, -0.15) is 0 Å². The van der Waals surface area contributed by atoms with Crippen LogP contribution in [0.1, 0.15) is 44.8 Å². The fourth-order valence-electron chi connectivity index (χ4n) is 2.61. The number of H-pyrrole nitrogens is 1. The van der Waals surface area contributed by atoms with Crippen LogP contribution in [-0.2, 0) is 9.53 Å². The number of nitrogens with zero attached hydrogens (tertiary/aromatic N) is 2. The molecule has 0 aliphatic heterocycles. The number of aryl methyl sites for hydroxylation is 1. The summed E-state index contributed by atoms with van der Waals surface area (Å²) in [4.78, 5) is 17.6. The number of anilines is 1. The van der Waals surface area contributed by atoms with Crippen LogP contribution in [0.4, 0.5) is 5.78 Å². The molecule has 26 heavy (non-hydrogen) atoms. The molecule has 0 aliphatic rings. The van der Waals surface area contributed by atoms with Crippen molar-refractivity contribution in [3.8, 4) is 0 Å². The van der Waals surface area contributed by atoms with E-state index in [-0.39, 0.29) is 18.6 Å². The second-order valence-electron chi connectivity index (χ2n) is 5.74. The van der Waals surface area contributed by atoms with Crippen molar-refractivity contribution >= 4 is 29.5 Å². The van der Waals surface area contributed by atoms with Gasteiger partial charge in [0.25, 0.3) is 0 Å². The molecule has 0 bridgehead atoms. The van der Waals surface area contributed by atoms with Crippen molar-refractivity contribution in [2.75, 3.05) is 18.2 Å². The Morgan fingerprint density at radius 3 is 2.81 bits per heavy atom. The number of aromatic nitrogens is 2. The molecule has 0 fully saturated rings. The molecule has 0 saturated carbocycles. The standard InChI is InChI=1S/C17H20BN3O3.C2H6/c1-4-23-10-21(17-18-12(3)20-24-17)16(22)11(2)13-5-6-15-14(9-13)7-8-19-15;1-2/h5-9,11,19H,4,10H2,1-3H3;1-2H3. The molecule has 1 aromatic carbocycles. The van der Waals surface area contributed by atoms with Crippen LogP contribution in [0, 0.1) is 6.92 Å². The predicted molar refractivity (Wildman–Crippen MR) is 105 cm³/mol. The number of carbonyl (C=O) groups is 1. The molecular weight excluding hydrogens is 329 g/mol. The molecule has 0 aliphatic carbocycles. The molecule has 0 spiro atoms. The Morgan fingerprint density at radius 1 is 1.38 bits per heavy atom. The summed E-state index contributed by atoms with van der Waals surface area (Å²) in [6.45, 7) is 12.0. The van der Waals surface area contributed by atoms with Crippen molar-refractivity contribution in [3.05, 3.63) is 41.6 Å². The number of fused-ring (bicyclic) bond motifs is 1. The minimum atomic E-state index is -0.324. The summed E-state index contributed by atoms with van der Waals surface area (Å²) < 4.78 is 10.7. The predicted octanol–water partition coefficient (Wildman–Crippen LogP) is 3.96. The topological polar surface area (TPSA) is 71.4 Å². The normalized spacial score (nSPS) is 11.6. The molecule has 138 valence electrons.